The Kier molecular flexibility index (Phi) is 6.06. The lowest BCUT2D eigenvalue weighted by Crippen LogP contribution is -2.36. The molecule has 1 saturated heterocycles. The molecule has 2 aromatic rings. The SMILES string of the molecule is CCOc1cc2c(cc1/C=C1/SC(=O)N(CC(=O)Nc3ccccc3Cl)C1=O)OCO2. The zero-order chi connectivity index (χ0) is 22.0. The van der Waals surface area contributed by atoms with Crippen molar-refractivity contribution >= 4 is 52.2 Å². The van der Waals surface area contributed by atoms with Gasteiger partial charge in [0.15, 0.2) is 11.5 Å². The highest BCUT2D eigenvalue weighted by atomic mass is 35.5. The monoisotopic (exact) mass is 460 g/mol. The van der Waals surface area contributed by atoms with Gasteiger partial charge in [-0.15, -0.1) is 0 Å². The summed E-state index contributed by atoms with van der Waals surface area (Å²) in [5.74, 6) is 0.465. The van der Waals surface area contributed by atoms with Crippen molar-refractivity contribution in [1.29, 1.82) is 0 Å². The number of imide groups is 1. The summed E-state index contributed by atoms with van der Waals surface area (Å²) in [5, 5.41) is 2.42. The first kappa shape index (κ1) is 21.1. The number of anilines is 1. The van der Waals surface area contributed by atoms with E-state index in [4.69, 9.17) is 25.8 Å². The van der Waals surface area contributed by atoms with E-state index in [9.17, 15) is 14.4 Å². The molecule has 1 fully saturated rings. The van der Waals surface area contributed by atoms with Gasteiger partial charge in [-0.3, -0.25) is 19.3 Å². The van der Waals surface area contributed by atoms with Crippen molar-refractivity contribution in [2.45, 2.75) is 6.92 Å². The molecule has 8 nitrogen and oxygen atoms in total. The van der Waals surface area contributed by atoms with Crippen LogP contribution in [0.15, 0.2) is 41.3 Å². The minimum absolute atomic E-state index is 0.0986. The van der Waals surface area contributed by atoms with Crippen LogP contribution in [0.5, 0.6) is 17.2 Å². The van der Waals surface area contributed by atoms with Gasteiger partial charge in [0.1, 0.15) is 12.3 Å². The Bertz CT molecular complexity index is 1100. The number of hydrogen-bond acceptors (Lipinski definition) is 7. The molecule has 2 aliphatic heterocycles. The molecule has 0 spiro atoms. The molecule has 160 valence electrons. The van der Waals surface area contributed by atoms with Crippen LogP contribution in [0.25, 0.3) is 6.08 Å². The molecule has 1 N–H and O–H groups in total. The fraction of sp³-hybridized carbons (Fsp3) is 0.190. The number of nitrogens with zero attached hydrogens (tertiary/aromatic N) is 1. The van der Waals surface area contributed by atoms with Crippen LogP contribution in [-0.4, -0.2) is 41.9 Å². The van der Waals surface area contributed by atoms with Crippen molar-refractivity contribution in [2.75, 3.05) is 25.3 Å². The van der Waals surface area contributed by atoms with Crippen LogP contribution in [0.3, 0.4) is 0 Å². The second-order valence-electron chi connectivity index (χ2n) is 6.47. The molecule has 0 unspecified atom stereocenters. The third kappa shape index (κ3) is 4.47. The van der Waals surface area contributed by atoms with Crippen molar-refractivity contribution in [2.24, 2.45) is 0 Å². The number of amides is 3. The summed E-state index contributed by atoms with van der Waals surface area (Å²) >= 11 is 6.78. The average Bonchev–Trinajstić information content (AvgIpc) is 3.29. The van der Waals surface area contributed by atoms with Gasteiger partial charge in [-0.05, 0) is 43.0 Å². The van der Waals surface area contributed by atoms with Crippen LogP contribution >= 0.6 is 23.4 Å². The third-order valence-electron chi connectivity index (χ3n) is 4.41. The highest BCUT2D eigenvalue weighted by Gasteiger charge is 2.36. The maximum atomic E-state index is 12.8. The van der Waals surface area contributed by atoms with Crippen LogP contribution in [0.1, 0.15) is 12.5 Å². The van der Waals surface area contributed by atoms with E-state index in [1.165, 1.54) is 0 Å². The molecule has 31 heavy (non-hydrogen) atoms. The summed E-state index contributed by atoms with van der Waals surface area (Å²) < 4.78 is 16.4. The largest absolute Gasteiger partial charge is 0.493 e. The molecule has 2 aromatic carbocycles. The second-order valence-corrected chi connectivity index (χ2v) is 7.87. The van der Waals surface area contributed by atoms with Gasteiger partial charge < -0.3 is 19.5 Å². The van der Waals surface area contributed by atoms with Gasteiger partial charge in [-0.2, -0.15) is 0 Å². The van der Waals surface area contributed by atoms with Crippen LogP contribution in [0, 0.1) is 0 Å². The Morgan fingerprint density at radius 3 is 2.74 bits per heavy atom. The smallest absolute Gasteiger partial charge is 0.294 e. The number of halogens is 1. The zero-order valence-corrected chi connectivity index (χ0v) is 17.9. The Morgan fingerprint density at radius 1 is 1.26 bits per heavy atom. The van der Waals surface area contributed by atoms with Crippen molar-refractivity contribution in [3.8, 4) is 17.2 Å². The number of nitrogens with one attached hydrogen (secondary N) is 1. The van der Waals surface area contributed by atoms with Gasteiger partial charge in [0.25, 0.3) is 11.1 Å². The number of carbonyl (C=O) groups is 3. The van der Waals surface area contributed by atoms with Gasteiger partial charge in [0.05, 0.1) is 22.2 Å². The van der Waals surface area contributed by atoms with Crippen molar-refractivity contribution < 1.29 is 28.6 Å². The van der Waals surface area contributed by atoms with Gasteiger partial charge in [0.2, 0.25) is 12.7 Å². The minimum atomic E-state index is -0.565. The van der Waals surface area contributed by atoms with E-state index in [-0.39, 0.29) is 11.7 Å². The molecular weight excluding hydrogens is 444 g/mol. The molecule has 0 bridgehead atoms. The van der Waals surface area contributed by atoms with Gasteiger partial charge in [-0.25, -0.2) is 0 Å². The first-order valence-electron chi connectivity index (χ1n) is 9.32. The number of carbonyl (C=O) groups excluding carboxylic acids is 3. The molecular formula is C21H17ClN2O6S. The Labute approximate surface area is 187 Å². The van der Waals surface area contributed by atoms with Gasteiger partial charge in [-0.1, -0.05) is 23.7 Å². The molecule has 2 aliphatic rings. The van der Waals surface area contributed by atoms with E-state index in [1.54, 1.807) is 42.5 Å². The quantitative estimate of drug-likeness (QED) is 0.647. The molecule has 0 radical (unpaired) electrons. The molecule has 4 rings (SSSR count). The summed E-state index contributed by atoms with van der Waals surface area (Å²) in [6, 6.07) is 10.1. The number of fused-ring (bicyclic) bond motifs is 1. The van der Waals surface area contributed by atoms with Crippen LogP contribution < -0.4 is 19.5 Å². The topological polar surface area (TPSA) is 94.2 Å². The highest BCUT2D eigenvalue weighted by Crippen LogP contribution is 2.41. The van der Waals surface area contributed by atoms with Crippen molar-refractivity contribution in [1.82, 2.24) is 4.90 Å². The predicted octanol–water partition coefficient (Wildman–Crippen LogP) is 4.14. The normalized spacial score (nSPS) is 16.2. The Balaban J connectivity index is 1.52. The van der Waals surface area contributed by atoms with E-state index in [0.29, 0.717) is 40.1 Å². The Morgan fingerprint density at radius 2 is 2.00 bits per heavy atom. The van der Waals surface area contributed by atoms with Crippen molar-refractivity contribution in [3.05, 3.63) is 51.9 Å². The number of thioether (sulfide) groups is 1. The Hall–Kier alpha value is -3.17. The lowest BCUT2D eigenvalue weighted by molar-refractivity contribution is -0.127. The minimum Gasteiger partial charge on any atom is -0.493 e. The molecule has 0 saturated carbocycles. The molecule has 0 aromatic heterocycles. The average molecular weight is 461 g/mol. The zero-order valence-electron chi connectivity index (χ0n) is 16.3. The first-order chi connectivity index (χ1) is 15.0. The second kappa shape index (κ2) is 8.91. The van der Waals surface area contributed by atoms with E-state index < -0.39 is 23.6 Å². The third-order valence-corrected chi connectivity index (χ3v) is 5.65. The maximum absolute atomic E-state index is 12.8. The van der Waals surface area contributed by atoms with Crippen molar-refractivity contribution in [3.63, 3.8) is 0 Å². The molecule has 10 heteroatoms. The van der Waals surface area contributed by atoms with Crippen LogP contribution in [0.4, 0.5) is 10.5 Å². The molecule has 0 atom stereocenters. The first-order valence-corrected chi connectivity index (χ1v) is 10.5. The maximum Gasteiger partial charge on any atom is 0.294 e. The number of ether oxygens (including phenoxy) is 3. The summed E-state index contributed by atoms with van der Waals surface area (Å²) in [7, 11) is 0. The molecule has 2 heterocycles. The lowest BCUT2D eigenvalue weighted by atomic mass is 10.1. The number of para-hydroxylation sites is 1. The summed E-state index contributed by atoms with van der Waals surface area (Å²) in [5.41, 5.74) is 0.968. The summed E-state index contributed by atoms with van der Waals surface area (Å²) in [6.45, 7) is 1.91. The molecule has 0 aliphatic carbocycles. The van der Waals surface area contributed by atoms with Gasteiger partial charge in [0, 0.05) is 11.6 Å². The lowest BCUT2D eigenvalue weighted by Gasteiger charge is -2.13. The number of hydrogen-bond donors (Lipinski definition) is 1. The predicted molar refractivity (Wildman–Crippen MR) is 116 cm³/mol. The number of benzene rings is 2. The van der Waals surface area contributed by atoms with E-state index in [0.717, 1.165) is 16.7 Å². The molecule has 3 amide bonds. The van der Waals surface area contributed by atoms with Gasteiger partial charge >= 0.3 is 0 Å². The summed E-state index contributed by atoms with van der Waals surface area (Å²) in [6.07, 6.45) is 1.55. The fourth-order valence-electron chi connectivity index (χ4n) is 3.01. The standard InChI is InChI=1S/C21H17ClN2O6S/c1-2-28-15-9-17-16(29-11-30-17)7-12(15)8-18-20(26)24(21(27)31-18)10-19(25)23-14-6-4-3-5-13(14)22/h3-9H,2,10-11H2,1H3,(H,23,25)/b18-8+. The van der Waals surface area contributed by atoms with E-state index in [1.807, 2.05) is 6.92 Å². The number of rotatable bonds is 6. The fourth-order valence-corrected chi connectivity index (χ4v) is 4.02. The van der Waals surface area contributed by atoms with E-state index in [2.05, 4.69) is 5.32 Å². The van der Waals surface area contributed by atoms with Crippen LogP contribution in [-0.2, 0) is 9.59 Å². The van der Waals surface area contributed by atoms with E-state index >= 15 is 0 Å². The highest BCUT2D eigenvalue weighted by molar-refractivity contribution is 8.18. The summed E-state index contributed by atoms with van der Waals surface area (Å²) in [4.78, 5) is 38.6. The van der Waals surface area contributed by atoms with Crippen LogP contribution in [0.2, 0.25) is 5.02 Å².